The molecule has 9 nitrogen and oxygen atoms in total. The summed E-state index contributed by atoms with van der Waals surface area (Å²) >= 11 is 0. The van der Waals surface area contributed by atoms with Gasteiger partial charge in [0.15, 0.2) is 0 Å². The summed E-state index contributed by atoms with van der Waals surface area (Å²) in [5.41, 5.74) is 5.46. The first-order valence-electron chi connectivity index (χ1n) is 9.21. The second kappa shape index (κ2) is 9.06. The Morgan fingerprint density at radius 1 is 1.20 bits per heavy atom. The molecule has 0 aliphatic heterocycles. The zero-order valence-electron chi connectivity index (χ0n) is 16.9. The molecule has 30 heavy (non-hydrogen) atoms. The molecule has 1 amide bonds. The summed E-state index contributed by atoms with van der Waals surface area (Å²) in [4.78, 5) is 12.2. The summed E-state index contributed by atoms with van der Waals surface area (Å²) in [6, 6.07) is 11.5. The molecule has 158 valence electrons. The van der Waals surface area contributed by atoms with Gasteiger partial charge in [0, 0.05) is 5.69 Å². The van der Waals surface area contributed by atoms with E-state index in [0.717, 1.165) is 11.4 Å². The number of amides is 1. The van der Waals surface area contributed by atoms with Crippen LogP contribution in [0.3, 0.4) is 0 Å². The minimum Gasteiger partial charge on any atom is -0.468 e. The van der Waals surface area contributed by atoms with E-state index in [4.69, 9.17) is 4.42 Å². The molecular formula is C20H23N5O4S. The van der Waals surface area contributed by atoms with Gasteiger partial charge in [-0.25, -0.2) is 18.6 Å². The molecule has 0 radical (unpaired) electrons. The maximum atomic E-state index is 12.4. The van der Waals surface area contributed by atoms with Crippen molar-refractivity contribution < 1.29 is 17.6 Å². The van der Waals surface area contributed by atoms with Crippen LogP contribution < -0.4 is 10.1 Å². The monoisotopic (exact) mass is 429 g/mol. The minimum absolute atomic E-state index is 0.0645. The van der Waals surface area contributed by atoms with Crippen molar-refractivity contribution in [1.29, 1.82) is 0 Å². The average Bonchev–Trinajstić information content (AvgIpc) is 3.34. The molecular weight excluding hydrogens is 406 g/mol. The highest BCUT2D eigenvalue weighted by atomic mass is 32.2. The number of hydrazone groups is 1. The van der Waals surface area contributed by atoms with Gasteiger partial charge in [0.1, 0.15) is 12.3 Å². The maximum Gasteiger partial charge on any atom is 0.261 e. The first kappa shape index (κ1) is 21.5. The van der Waals surface area contributed by atoms with Crippen molar-refractivity contribution in [3.63, 3.8) is 0 Å². The zero-order chi connectivity index (χ0) is 21.7. The summed E-state index contributed by atoms with van der Waals surface area (Å²) in [6.07, 6.45) is 1.48. The largest absolute Gasteiger partial charge is 0.468 e. The van der Waals surface area contributed by atoms with Crippen LogP contribution in [0, 0.1) is 13.8 Å². The SMILES string of the molecule is C/C(=N/NC(=O)Cn1nc(C)cc1C)c1ccc(S(=O)(=O)NCc2ccco2)cc1. The first-order valence-corrected chi connectivity index (χ1v) is 10.7. The molecule has 0 atom stereocenters. The highest BCUT2D eigenvalue weighted by Crippen LogP contribution is 2.12. The lowest BCUT2D eigenvalue weighted by molar-refractivity contribution is -0.121. The van der Waals surface area contributed by atoms with Crippen molar-refractivity contribution in [3.05, 3.63) is 71.4 Å². The minimum atomic E-state index is -3.67. The maximum absolute atomic E-state index is 12.4. The molecule has 2 heterocycles. The lowest BCUT2D eigenvalue weighted by Crippen LogP contribution is -2.25. The van der Waals surface area contributed by atoms with Gasteiger partial charge >= 0.3 is 0 Å². The van der Waals surface area contributed by atoms with Gasteiger partial charge in [0.25, 0.3) is 5.91 Å². The second-order valence-corrected chi connectivity index (χ2v) is 8.51. The van der Waals surface area contributed by atoms with Crippen LogP contribution >= 0.6 is 0 Å². The van der Waals surface area contributed by atoms with E-state index >= 15 is 0 Å². The molecule has 0 saturated heterocycles. The Labute approximate surface area is 174 Å². The van der Waals surface area contributed by atoms with Crippen LogP contribution in [0.15, 0.2) is 63.1 Å². The van der Waals surface area contributed by atoms with Crippen LogP contribution in [0.1, 0.15) is 29.6 Å². The average molecular weight is 430 g/mol. The summed E-state index contributed by atoms with van der Waals surface area (Å²) in [5.74, 6) is 0.219. The number of carbonyl (C=O) groups is 1. The topological polar surface area (TPSA) is 119 Å². The summed E-state index contributed by atoms with van der Waals surface area (Å²) in [7, 11) is -3.67. The summed E-state index contributed by atoms with van der Waals surface area (Å²) < 4.78 is 34.0. The second-order valence-electron chi connectivity index (χ2n) is 6.75. The van der Waals surface area contributed by atoms with Gasteiger partial charge in [0.2, 0.25) is 10.0 Å². The van der Waals surface area contributed by atoms with E-state index in [1.807, 2.05) is 19.9 Å². The van der Waals surface area contributed by atoms with Crippen LogP contribution in [-0.4, -0.2) is 29.8 Å². The van der Waals surface area contributed by atoms with Gasteiger partial charge in [-0.15, -0.1) is 0 Å². The Morgan fingerprint density at radius 3 is 2.53 bits per heavy atom. The third kappa shape index (κ3) is 5.43. The van der Waals surface area contributed by atoms with Crippen molar-refractivity contribution in [3.8, 4) is 0 Å². The third-order valence-electron chi connectivity index (χ3n) is 4.34. The lowest BCUT2D eigenvalue weighted by Gasteiger charge is -2.07. The number of aromatic nitrogens is 2. The number of nitrogens with zero attached hydrogens (tertiary/aromatic N) is 3. The molecule has 10 heteroatoms. The van der Waals surface area contributed by atoms with Gasteiger partial charge in [-0.3, -0.25) is 9.48 Å². The van der Waals surface area contributed by atoms with Crippen LogP contribution in [0.2, 0.25) is 0 Å². The van der Waals surface area contributed by atoms with Crippen LogP contribution in [0.25, 0.3) is 0 Å². The number of furan rings is 1. The third-order valence-corrected chi connectivity index (χ3v) is 5.76. The molecule has 0 unspecified atom stereocenters. The Morgan fingerprint density at radius 2 is 1.93 bits per heavy atom. The molecule has 0 saturated carbocycles. The number of hydrogen-bond acceptors (Lipinski definition) is 6. The summed E-state index contributed by atoms with van der Waals surface area (Å²) in [6.45, 7) is 5.59. The van der Waals surface area contributed by atoms with Crippen molar-refractivity contribution >= 4 is 21.6 Å². The molecule has 3 rings (SSSR count). The van der Waals surface area contributed by atoms with E-state index in [1.54, 1.807) is 35.9 Å². The zero-order valence-corrected chi connectivity index (χ0v) is 17.7. The van der Waals surface area contributed by atoms with Gasteiger partial charge in [-0.1, -0.05) is 12.1 Å². The van der Waals surface area contributed by atoms with E-state index in [-0.39, 0.29) is 23.9 Å². The molecule has 1 aromatic carbocycles. The molecule has 0 fully saturated rings. The Kier molecular flexibility index (Phi) is 6.48. The predicted molar refractivity (Wildman–Crippen MR) is 111 cm³/mol. The standard InChI is InChI=1S/C20H23N5O4S/c1-14-11-15(2)25(24-14)13-20(26)23-22-16(3)17-6-8-19(9-7-17)30(27,28)21-12-18-5-4-10-29-18/h4-11,21H,12-13H2,1-3H3,(H,23,26)/b22-16-. The normalized spacial score (nSPS) is 12.2. The number of sulfonamides is 1. The molecule has 0 aliphatic rings. The quantitative estimate of drug-likeness (QED) is 0.420. The Hall–Kier alpha value is -3.24. The van der Waals surface area contributed by atoms with E-state index < -0.39 is 10.0 Å². The van der Waals surface area contributed by atoms with Crippen LogP contribution in [0.4, 0.5) is 0 Å². The van der Waals surface area contributed by atoms with Crippen molar-refractivity contribution in [2.24, 2.45) is 5.10 Å². The number of carbonyl (C=O) groups excluding carboxylic acids is 1. The van der Waals surface area contributed by atoms with Crippen molar-refractivity contribution in [2.75, 3.05) is 0 Å². The van der Waals surface area contributed by atoms with Crippen LogP contribution in [-0.2, 0) is 27.9 Å². The molecule has 0 aliphatic carbocycles. The van der Waals surface area contributed by atoms with Crippen LogP contribution in [0.5, 0.6) is 0 Å². The fourth-order valence-electron chi connectivity index (χ4n) is 2.76. The van der Waals surface area contributed by atoms with Gasteiger partial charge in [-0.2, -0.15) is 10.2 Å². The van der Waals surface area contributed by atoms with E-state index in [1.165, 1.54) is 18.4 Å². The fourth-order valence-corrected chi connectivity index (χ4v) is 3.75. The number of rotatable bonds is 8. The first-order chi connectivity index (χ1) is 14.2. The molecule has 0 bridgehead atoms. The molecule has 2 N–H and O–H groups in total. The highest BCUT2D eigenvalue weighted by Gasteiger charge is 2.14. The smallest absolute Gasteiger partial charge is 0.261 e. The Bertz CT molecular complexity index is 1150. The number of aryl methyl sites for hydroxylation is 2. The molecule has 0 spiro atoms. The fraction of sp³-hybridized carbons (Fsp3) is 0.250. The van der Waals surface area contributed by atoms with Crippen molar-refractivity contribution in [1.82, 2.24) is 19.9 Å². The highest BCUT2D eigenvalue weighted by molar-refractivity contribution is 7.89. The van der Waals surface area contributed by atoms with Gasteiger partial charge < -0.3 is 4.42 Å². The number of benzene rings is 1. The predicted octanol–water partition coefficient (Wildman–Crippen LogP) is 2.11. The number of nitrogens with one attached hydrogen (secondary N) is 2. The summed E-state index contributed by atoms with van der Waals surface area (Å²) in [5, 5.41) is 8.33. The van der Waals surface area contributed by atoms with Gasteiger partial charge in [0.05, 0.1) is 29.1 Å². The molecule has 3 aromatic rings. The van der Waals surface area contributed by atoms with Gasteiger partial charge in [-0.05, 0) is 56.7 Å². The Balaban J connectivity index is 1.60. The van der Waals surface area contributed by atoms with E-state index in [2.05, 4.69) is 20.3 Å². The van der Waals surface area contributed by atoms with E-state index in [0.29, 0.717) is 17.0 Å². The van der Waals surface area contributed by atoms with Crippen molar-refractivity contribution in [2.45, 2.75) is 38.8 Å². The lowest BCUT2D eigenvalue weighted by atomic mass is 10.1. The van der Waals surface area contributed by atoms with E-state index in [9.17, 15) is 13.2 Å². The molecule has 2 aromatic heterocycles. The number of hydrogen-bond donors (Lipinski definition) is 2.